The van der Waals surface area contributed by atoms with Crippen molar-refractivity contribution >= 4 is 0 Å². The lowest BCUT2D eigenvalue weighted by atomic mass is 9.65. The SMILES string of the molecule is C=C(C)C(C)C(C(C)CC)C(C)(C)C. The maximum absolute atomic E-state index is 4.11. The molecule has 0 N–H and O–H groups in total. The smallest absolute Gasteiger partial charge is 0.0201 e. The first-order chi connectivity index (χ1) is 6.21. The van der Waals surface area contributed by atoms with Crippen molar-refractivity contribution in [1.82, 2.24) is 0 Å². The Hall–Kier alpha value is -0.260. The van der Waals surface area contributed by atoms with Crippen LogP contribution in [0.15, 0.2) is 12.2 Å². The van der Waals surface area contributed by atoms with Gasteiger partial charge in [-0.1, -0.05) is 60.1 Å². The molecule has 0 spiro atoms. The Kier molecular flexibility index (Phi) is 4.91. The van der Waals surface area contributed by atoms with Gasteiger partial charge in [-0.2, -0.15) is 0 Å². The van der Waals surface area contributed by atoms with Gasteiger partial charge < -0.3 is 0 Å². The van der Waals surface area contributed by atoms with E-state index < -0.39 is 0 Å². The first-order valence-electron chi connectivity index (χ1n) is 5.87. The van der Waals surface area contributed by atoms with Crippen LogP contribution in [0.25, 0.3) is 0 Å². The molecule has 0 radical (unpaired) electrons. The van der Waals surface area contributed by atoms with Crippen LogP contribution in [0.4, 0.5) is 0 Å². The Morgan fingerprint density at radius 1 is 1.21 bits per heavy atom. The summed E-state index contributed by atoms with van der Waals surface area (Å²) < 4.78 is 0. The maximum atomic E-state index is 4.11. The van der Waals surface area contributed by atoms with Crippen LogP contribution < -0.4 is 0 Å². The van der Waals surface area contributed by atoms with Gasteiger partial charge in [0, 0.05) is 0 Å². The van der Waals surface area contributed by atoms with E-state index in [2.05, 4.69) is 55.0 Å². The van der Waals surface area contributed by atoms with Gasteiger partial charge in [-0.05, 0) is 30.1 Å². The number of hydrogen-bond donors (Lipinski definition) is 0. The summed E-state index contributed by atoms with van der Waals surface area (Å²) in [5, 5.41) is 0. The van der Waals surface area contributed by atoms with Gasteiger partial charge in [0.15, 0.2) is 0 Å². The Balaban J connectivity index is 4.82. The van der Waals surface area contributed by atoms with Gasteiger partial charge in [0.25, 0.3) is 0 Å². The topological polar surface area (TPSA) is 0 Å². The third-order valence-corrected chi connectivity index (χ3v) is 3.57. The Morgan fingerprint density at radius 3 is 1.86 bits per heavy atom. The van der Waals surface area contributed by atoms with Crippen molar-refractivity contribution in [3.05, 3.63) is 12.2 Å². The van der Waals surface area contributed by atoms with Crippen LogP contribution in [-0.4, -0.2) is 0 Å². The average molecular weight is 196 g/mol. The van der Waals surface area contributed by atoms with E-state index in [0.29, 0.717) is 11.3 Å². The molecule has 0 rings (SSSR count). The molecule has 0 aliphatic rings. The second kappa shape index (κ2) is 5.00. The predicted octanol–water partition coefficient (Wildman–Crippen LogP) is 4.91. The van der Waals surface area contributed by atoms with E-state index in [9.17, 15) is 0 Å². The van der Waals surface area contributed by atoms with E-state index in [0.717, 1.165) is 11.8 Å². The molecule has 0 saturated carbocycles. The minimum Gasteiger partial charge on any atom is -0.0999 e. The van der Waals surface area contributed by atoms with Crippen LogP contribution in [0.2, 0.25) is 0 Å². The van der Waals surface area contributed by atoms with Crippen molar-refractivity contribution in [2.24, 2.45) is 23.2 Å². The van der Waals surface area contributed by atoms with Crippen molar-refractivity contribution in [2.75, 3.05) is 0 Å². The summed E-state index contributed by atoms with van der Waals surface area (Å²) in [7, 11) is 0. The second-order valence-electron chi connectivity index (χ2n) is 5.91. The zero-order valence-electron chi connectivity index (χ0n) is 11.1. The number of rotatable bonds is 4. The normalized spacial score (nSPS) is 18.8. The van der Waals surface area contributed by atoms with Gasteiger partial charge in [-0.15, -0.1) is 0 Å². The van der Waals surface area contributed by atoms with Gasteiger partial charge in [-0.3, -0.25) is 0 Å². The lowest BCUT2D eigenvalue weighted by Crippen LogP contribution is -2.32. The molecule has 0 heteroatoms. The van der Waals surface area contributed by atoms with E-state index >= 15 is 0 Å². The summed E-state index contributed by atoms with van der Waals surface area (Å²) in [5.41, 5.74) is 1.71. The lowest BCUT2D eigenvalue weighted by molar-refractivity contribution is 0.119. The number of allylic oxidation sites excluding steroid dienone is 1. The van der Waals surface area contributed by atoms with E-state index in [4.69, 9.17) is 0 Å². The molecular formula is C14H28. The molecule has 0 heterocycles. The maximum Gasteiger partial charge on any atom is -0.0201 e. The second-order valence-corrected chi connectivity index (χ2v) is 5.91. The molecule has 0 bridgehead atoms. The fourth-order valence-electron chi connectivity index (χ4n) is 2.66. The van der Waals surface area contributed by atoms with Crippen molar-refractivity contribution in [2.45, 2.75) is 54.9 Å². The summed E-state index contributed by atoms with van der Waals surface area (Å²) in [6.07, 6.45) is 1.26. The summed E-state index contributed by atoms with van der Waals surface area (Å²) in [6.45, 7) is 20.3. The Morgan fingerprint density at radius 2 is 1.64 bits per heavy atom. The molecule has 0 aliphatic heterocycles. The highest BCUT2D eigenvalue weighted by Gasteiger charge is 2.33. The minimum absolute atomic E-state index is 0.383. The molecule has 0 saturated heterocycles. The van der Waals surface area contributed by atoms with Gasteiger partial charge in [0.2, 0.25) is 0 Å². The monoisotopic (exact) mass is 196 g/mol. The third kappa shape index (κ3) is 3.48. The van der Waals surface area contributed by atoms with Crippen molar-refractivity contribution in [3.8, 4) is 0 Å². The third-order valence-electron chi connectivity index (χ3n) is 3.57. The molecule has 3 atom stereocenters. The molecule has 3 unspecified atom stereocenters. The van der Waals surface area contributed by atoms with Gasteiger partial charge in [0.05, 0.1) is 0 Å². The largest absolute Gasteiger partial charge is 0.0999 e. The van der Waals surface area contributed by atoms with Gasteiger partial charge in [0.1, 0.15) is 0 Å². The molecule has 0 fully saturated rings. The van der Waals surface area contributed by atoms with E-state index in [1.54, 1.807) is 0 Å². The van der Waals surface area contributed by atoms with Crippen LogP contribution in [0.5, 0.6) is 0 Å². The quantitative estimate of drug-likeness (QED) is 0.561. The molecule has 0 nitrogen and oxygen atoms in total. The molecule has 0 aromatic rings. The highest BCUT2D eigenvalue weighted by molar-refractivity contribution is 5.00. The highest BCUT2D eigenvalue weighted by atomic mass is 14.4. The van der Waals surface area contributed by atoms with Crippen LogP contribution >= 0.6 is 0 Å². The zero-order valence-corrected chi connectivity index (χ0v) is 11.1. The molecule has 14 heavy (non-hydrogen) atoms. The van der Waals surface area contributed by atoms with E-state index in [-0.39, 0.29) is 0 Å². The zero-order chi connectivity index (χ0) is 11.5. The van der Waals surface area contributed by atoms with Gasteiger partial charge in [-0.25, -0.2) is 0 Å². The van der Waals surface area contributed by atoms with Crippen molar-refractivity contribution < 1.29 is 0 Å². The van der Waals surface area contributed by atoms with Crippen molar-refractivity contribution in [3.63, 3.8) is 0 Å². The van der Waals surface area contributed by atoms with E-state index in [1.165, 1.54) is 12.0 Å². The van der Waals surface area contributed by atoms with E-state index in [1.807, 2.05) is 0 Å². The van der Waals surface area contributed by atoms with Gasteiger partial charge >= 0.3 is 0 Å². The summed E-state index contributed by atoms with van der Waals surface area (Å²) in [6, 6.07) is 0. The predicted molar refractivity (Wildman–Crippen MR) is 66.4 cm³/mol. The molecular weight excluding hydrogens is 168 g/mol. The first kappa shape index (κ1) is 13.7. The molecule has 0 aromatic carbocycles. The molecule has 0 amide bonds. The summed E-state index contributed by atoms with van der Waals surface area (Å²) in [5.74, 6) is 2.15. The van der Waals surface area contributed by atoms with Crippen LogP contribution in [0.1, 0.15) is 54.9 Å². The Labute approximate surface area is 90.8 Å². The van der Waals surface area contributed by atoms with Crippen molar-refractivity contribution in [1.29, 1.82) is 0 Å². The molecule has 0 aliphatic carbocycles. The minimum atomic E-state index is 0.383. The Bertz CT molecular complexity index is 183. The fraction of sp³-hybridized carbons (Fsp3) is 0.857. The lowest BCUT2D eigenvalue weighted by Gasteiger charge is -2.40. The summed E-state index contributed by atoms with van der Waals surface area (Å²) in [4.78, 5) is 0. The molecule has 0 aromatic heterocycles. The summed E-state index contributed by atoms with van der Waals surface area (Å²) >= 11 is 0. The number of hydrogen-bond acceptors (Lipinski definition) is 0. The highest BCUT2D eigenvalue weighted by Crippen LogP contribution is 2.41. The molecule has 84 valence electrons. The standard InChI is InChI=1S/C14H28/c1-9-11(4)13(14(6,7)8)12(5)10(2)3/h11-13H,2,9H2,1,3-8H3. The van der Waals surface area contributed by atoms with Crippen LogP contribution in [-0.2, 0) is 0 Å². The first-order valence-corrected chi connectivity index (χ1v) is 5.87. The van der Waals surface area contributed by atoms with Crippen LogP contribution in [0.3, 0.4) is 0 Å². The van der Waals surface area contributed by atoms with Crippen LogP contribution in [0, 0.1) is 23.2 Å². The average Bonchev–Trinajstić information content (AvgIpc) is 2.01. The fourth-order valence-corrected chi connectivity index (χ4v) is 2.66.